The quantitative estimate of drug-likeness (QED) is 0.881. The van der Waals surface area contributed by atoms with Crippen molar-refractivity contribution < 1.29 is 0 Å². The molecule has 4 nitrogen and oxygen atoms in total. The minimum atomic E-state index is 0.529. The highest BCUT2D eigenvalue weighted by Gasteiger charge is 2.21. The molecule has 2 unspecified atom stereocenters. The molecular weight excluding hydrogens is 236 g/mol. The van der Waals surface area contributed by atoms with Crippen molar-refractivity contribution in [3.8, 4) is 0 Å². The first kappa shape index (κ1) is 13.1. The fraction of sp³-hybridized carbons (Fsp3) is 0.800. The van der Waals surface area contributed by atoms with Gasteiger partial charge in [0.05, 0.1) is 12.0 Å². The van der Waals surface area contributed by atoms with Gasteiger partial charge in [-0.15, -0.1) is 0 Å². The van der Waals surface area contributed by atoms with Gasteiger partial charge < -0.3 is 14.8 Å². The van der Waals surface area contributed by atoms with E-state index in [1.165, 1.54) is 51.0 Å². The molecule has 1 aromatic heterocycles. The maximum absolute atomic E-state index is 4.36. The molecule has 2 saturated heterocycles. The van der Waals surface area contributed by atoms with Gasteiger partial charge in [-0.1, -0.05) is 6.92 Å². The number of imidazole rings is 1. The van der Waals surface area contributed by atoms with Crippen molar-refractivity contribution in [2.24, 2.45) is 5.92 Å². The van der Waals surface area contributed by atoms with Crippen molar-refractivity contribution in [1.82, 2.24) is 19.8 Å². The summed E-state index contributed by atoms with van der Waals surface area (Å²) < 4.78 is 2.36. The fourth-order valence-corrected chi connectivity index (χ4v) is 3.51. The van der Waals surface area contributed by atoms with E-state index in [0.717, 1.165) is 13.1 Å². The lowest BCUT2D eigenvalue weighted by Crippen LogP contribution is -2.28. The molecule has 2 atom stereocenters. The molecule has 0 saturated carbocycles. The zero-order valence-corrected chi connectivity index (χ0v) is 12.0. The topological polar surface area (TPSA) is 33.1 Å². The Morgan fingerprint density at radius 3 is 2.89 bits per heavy atom. The lowest BCUT2D eigenvalue weighted by atomic mass is 10.1. The van der Waals surface area contributed by atoms with E-state index < -0.39 is 0 Å². The average Bonchev–Trinajstić information content (AvgIpc) is 3.09. The van der Waals surface area contributed by atoms with Crippen LogP contribution in [-0.2, 0) is 6.54 Å². The van der Waals surface area contributed by atoms with E-state index in [9.17, 15) is 0 Å². The largest absolute Gasteiger partial charge is 0.333 e. The highest BCUT2D eigenvalue weighted by molar-refractivity contribution is 5.07. The third-order valence-corrected chi connectivity index (χ3v) is 4.44. The maximum atomic E-state index is 4.36. The molecule has 0 radical (unpaired) electrons. The summed E-state index contributed by atoms with van der Waals surface area (Å²) in [7, 11) is 0. The standard InChI is InChI=1S/C15H26N4/c1-13(10-18-7-2-3-8-18)11-19-12-16-9-15(19)14-5-4-6-17-14/h9,12-14,17H,2-8,10-11H2,1H3. The van der Waals surface area contributed by atoms with Gasteiger partial charge in [0.1, 0.15) is 0 Å². The monoisotopic (exact) mass is 262 g/mol. The Kier molecular flexibility index (Phi) is 4.18. The Morgan fingerprint density at radius 1 is 1.32 bits per heavy atom. The third kappa shape index (κ3) is 3.18. The molecule has 3 rings (SSSR count). The highest BCUT2D eigenvalue weighted by atomic mass is 15.1. The SMILES string of the molecule is CC(CN1CCCC1)Cn1cncc1C1CCCN1. The number of nitrogens with zero attached hydrogens (tertiary/aromatic N) is 3. The van der Waals surface area contributed by atoms with Gasteiger partial charge in [-0.25, -0.2) is 4.98 Å². The van der Waals surface area contributed by atoms with Gasteiger partial charge in [0, 0.05) is 25.3 Å². The van der Waals surface area contributed by atoms with Gasteiger partial charge >= 0.3 is 0 Å². The maximum Gasteiger partial charge on any atom is 0.0948 e. The van der Waals surface area contributed by atoms with E-state index in [2.05, 4.69) is 26.7 Å². The molecule has 4 heteroatoms. The summed E-state index contributed by atoms with van der Waals surface area (Å²) in [6, 6.07) is 0.529. The predicted octanol–water partition coefficient (Wildman–Crippen LogP) is 2.04. The lowest BCUT2D eigenvalue weighted by molar-refractivity contribution is 0.269. The van der Waals surface area contributed by atoms with Crippen molar-refractivity contribution >= 4 is 0 Å². The van der Waals surface area contributed by atoms with Gasteiger partial charge in [-0.3, -0.25) is 0 Å². The first-order chi connectivity index (χ1) is 9.33. The molecule has 1 N–H and O–H groups in total. The molecule has 0 bridgehead atoms. The Bertz CT molecular complexity index is 389. The number of hydrogen-bond donors (Lipinski definition) is 1. The fourth-order valence-electron chi connectivity index (χ4n) is 3.51. The van der Waals surface area contributed by atoms with Crippen molar-refractivity contribution in [3.05, 3.63) is 18.2 Å². The number of aromatic nitrogens is 2. The normalized spacial score (nSPS) is 26.1. The van der Waals surface area contributed by atoms with Gasteiger partial charge in [-0.2, -0.15) is 0 Å². The highest BCUT2D eigenvalue weighted by Crippen LogP contribution is 2.23. The molecule has 19 heavy (non-hydrogen) atoms. The zero-order valence-electron chi connectivity index (χ0n) is 12.0. The summed E-state index contributed by atoms with van der Waals surface area (Å²) in [6.07, 6.45) is 9.37. The minimum absolute atomic E-state index is 0.529. The smallest absolute Gasteiger partial charge is 0.0948 e. The van der Waals surface area contributed by atoms with Gasteiger partial charge in [0.25, 0.3) is 0 Å². The van der Waals surface area contributed by atoms with E-state index in [-0.39, 0.29) is 0 Å². The van der Waals surface area contributed by atoms with Crippen LogP contribution in [0.2, 0.25) is 0 Å². The van der Waals surface area contributed by atoms with Crippen LogP contribution in [0, 0.1) is 5.92 Å². The van der Waals surface area contributed by atoms with Crippen LogP contribution in [0.25, 0.3) is 0 Å². The van der Waals surface area contributed by atoms with Crippen LogP contribution in [-0.4, -0.2) is 40.6 Å². The van der Waals surface area contributed by atoms with Crippen molar-refractivity contribution in [2.75, 3.05) is 26.2 Å². The van der Waals surface area contributed by atoms with Crippen LogP contribution in [0.1, 0.15) is 44.3 Å². The Balaban J connectivity index is 1.57. The second-order valence-corrected chi connectivity index (χ2v) is 6.23. The molecule has 1 aromatic rings. The van der Waals surface area contributed by atoms with E-state index in [0.29, 0.717) is 12.0 Å². The molecule has 106 valence electrons. The summed E-state index contributed by atoms with van der Waals surface area (Å²) in [4.78, 5) is 6.97. The van der Waals surface area contributed by atoms with Crippen LogP contribution in [0.15, 0.2) is 12.5 Å². The summed E-state index contributed by atoms with van der Waals surface area (Å²) in [5, 5.41) is 3.57. The van der Waals surface area contributed by atoms with Crippen molar-refractivity contribution in [2.45, 2.75) is 45.2 Å². The van der Waals surface area contributed by atoms with Gasteiger partial charge in [0.15, 0.2) is 0 Å². The molecule has 2 aliphatic heterocycles. The Labute approximate surface area is 116 Å². The molecule has 0 amide bonds. The van der Waals surface area contributed by atoms with Crippen LogP contribution in [0.5, 0.6) is 0 Å². The molecule has 0 spiro atoms. The second-order valence-electron chi connectivity index (χ2n) is 6.23. The third-order valence-electron chi connectivity index (χ3n) is 4.44. The van der Waals surface area contributed by atoms with Gasteiger partial charge in [-0.05, 0) is 51.2 Å². The first-order valence-corrected chi connectivity index (χ1v) is 7.78. The summed E-state index contributed by atoms with van der Waals surface area (Å²) in [5.41, 5.74) is 1.38. The summed E-state index contributed by atoms with van der Waals surface area (Å²) in [5.74, 6) is 0.701. The van der Waals surface area contributed by atoms with E-state index in [1.807, 2.05) is 12.5 Å². The van der Waals surface area contributed by atoms with E-state index >= 15 is 0 Å². The molecule has 0 aliphatic carbocycles. The molecule has 2 aliphatic rings. The van der Waals surface area contributed by atoms with Crippen LogP contribution in [0.3, 0.4) is 0 Å². The summed E-state index contributed by atoms with van der Waals surface area (Å²) >= 11 is 0. The van der Waals surface area contributed by atoms with Crippen LogP contribution < -0.4 is 5.32 Å². The minimum Gasteiger partial charge on any atom is -0.333 e. The Morgan fingerprint density at radius 2 is 2.16 bits per heavy atom. The van der Waals surface area contributed by atoms with Crippen LogP contribution in [0.4, 0.5) is 0 Å². The predicted molar refractivity (Wildman–Crippen MR) is 77.0 cm³/mol. The number of nitrogens with one attached hydrogen (secondary N) is 1. The van der Waals surface area contributed by atoms with E-state index in [4.69, 9.17) is 0 Å². The molecule has 3 heterocycles. The second kappa shape index (κ2) is 6.06. The molecule has 2 fully saturated rings. The van der Waals surface area contributed by atoms with E-state index in [1.54, 1.807) is 0 Å². The number of hydrogen-bond acceptors (Lipinski definition) is 3. The number of rotatable bonds is 5. The van der Waals surface area contributed by atoms with Crippen molar-refractivity contribution in [3.63, 3.8) is 0 Å². The van der Waals surface area contributed by atoms with Crippen LogP contribution >= 0.6 is 0 Å². The first-order valence-electron chi connectivity index (χ1n) is 7.78. The lowest BCUT2D eigenvalue weighted by Gasteiger charge is -2.22. The Hall–Kier alpha value is -0.870. The number of likely N-dealkylation sites (tertiary alicyclic amines) is 1. The summed E-state index contributed by atoms with van der Waals surface area (Å²) in [6.45, 7) is 8.44. The zero-order chi connectivity index (χ0) is 13.1. The molecular formula is C15H26N4. The van der Waals surface area contributed by atoms with Crippen molar-refractivity contribution in [1.29, 1.82) is 0 Å². The van der Waals surface area contributed by atoms with Gasteiger partial charge in [0.2, 0.25) is 0 Å². The average molecular weight is 262 g/mol. The molecule has 0 aromatic carbocycles.